The van der Waals surface area contributed by atoms with Crippen LogP contribution in [-0.4, -0.2) is 20.6 Å². The molecule has 1 aliphatic carbocycles. The number of imidazole rings is 1. The Morgan fingerprint density at radius 2 is 2.07 bits per heavy atom. The summed E-state index contributed by atoms with van der Waals surface area (Å²) in [5, 5.41) is 13.6. The van der Waals surface area contributed by atoms with Crippen molar-refractivity contribution >= 4 is 28.6 Å². The third-order valence-electron chi connectivity index (χ3n) is 5.39. The molecule has 6 nitrogen and oxygen atoms in total. The Balaban J connectivity index is 1.62. The van der Waals surface area contributed by atoms with Gasteiger partial charge in [-0.15, -0.1) is 0 Å². The van der Waals surface area contributed by atoms with Gasteiger partial charge in [-0.25, -0.2) is 9.83 Å². The molecular formula is C22H22N4O2. The van der Waals surface area contributed by atoms with Gasteiger partial charge in [-0.2, -0.15) is 0 Å². The molecule has 2 aromatic carbocycles. The van der Waals surface area contributed by atoms with Crippen LogP contribution in [0.15, 0.2) is 48.5 Å². The van der Waals surface area contributed by atoms with Gasteiger partial charge in [-0.05, 0) is 43.9 Å². The second-order valence-electron chi connectivity index (χ2n) is 7.54. The summed E-state index contributed by atoms with van der Waals surface area (Å²) in [7, 11) is 0. The average molecular weight is 374 g/mol. The van der Waals surface area contributed by atoms with Crippen molar-refractivity contribution in [3.05, 3.63) is 65.5 Å². The van der Waals surface area contributed by atoms with Gasteiger partial charge >= 0.3 is 0 Å². The SMILES string of the molecule is [C-]#[N+]c1ccc2nc(NC(=O)C[C@](C)(O)c3ccccc3)n(C3CCC3)c2c1. The molecule has 0 aliphatic heterocycles. The molecule has 1 saturated carbocycles. The quantitative estimate of drug-likeness (QED) is 0.644. The number of carbonyl (C=O) groups is 1. The van der Waals surface area contributed by atoms with E-state index in [1.54, 1.807) is 13.0 Å². The average Bonchev–Trinajstić information content (AvgIpc) is 2.97. The molecule has 1 atom stereocenters. The Kier molecular flexibility index (Phi) is 4.62. The first kappa shape index (κ1) is 18.2. The lowest BCUT2D eigenvalue weighted by Crippen LogP contribution is -2.30. The Labute approximate surface area is 163 Å². The van der Waals surface area contributed by atoms with E-state index in [2.05, 4.69) is 15.1 Å². The number of rotatable bonds is 5. The lowest BCUT2D eigenvalue weighted by Gasteiger charge is -2.29. The van der Waals surface area contributed by atoms with E-state index in [1.165, 1.54) is 0 Å². The number of amides is 1. The van der Waals surface area contributed by atoms with Crippen molar-refractivity contribution in [2.45, 2.75) is 44.2 Å². The summed E-state index contributed by atoms with van der Waals surface area (Å²) in [4.78, 5) is 20.8. The Morgan fingerprint density at radius 1 is 1.32 bits per heavy atom. The molecule has 142 valence electrons. The minimum Gasteiger partial charge on any atom is -0.385 e. The van der Waals surface area contributed by atoms with Crippen LogP contribution in [0.25, 0.3) is 15.9 Å². The number of nitrogens with zero attached hydrogens (tertiary/aromatic N) is 3. The number of carbonyl (C=O) groups excluding carboxylic acids is 1. The highest BCUT2D eigenvalue weighted by Gasteiger charge is 2.29. The third-order valence-corrected chi connectivity index (χ3v) is 5.39. The lowest BCUT2D eigenvalue weighted by atomic mass is 9.92. The smallest absolute Gasteiger partial charge is 0.229 e. The Bertz CT molecular complexity index is 1060. The highest BCUT2D eigenvalue weighted by Crippen LogP contribution is 2.38. The van der Waals surface area contributed by atoms with Crippen LogP contribution in [0.5, 0.6) is 0 Å². The predicted octanol–water partition coefficient (Wildman–Crippen LogP) is 4.55. The molecule has 0 spiro atoms. The van der Waals surface area contributed by atoms with E-state index in [-0.39, 0.29) is 18.4 Å². The highest BCUT2D eigenvalue weighted by atomic mass is 16.3. The number of hydrogen-bond donors (Lipinski definition) is 2. The molecule has 0 saturated heterocycles. The molecule has 1 heterocycles. The molecule has 2 N–H and O–H groups in total. The van der Waals surface area contributed by atoms with Crippen molar-refractivity contribution in [1.29, 1.82) is 0 Å². The zero-order chi connectivity index (χ0) is 19.7. The molecule has 6 heteroatoms. The van der Waals surface area contributed by atoms with Crippen LogP contribution < -0.4 is 5.32 Å². The molecule has 1 fully saturated rings. The van der Waals surface area contributed by atoms with E-state index in [0.29, 0.717) is 17.2 Å². The first-order chi connectivity index (χ1) is 13.5. The maximum Gasteiger partial charge on any atom is 0.229 e. The van der Waals surface area contributed by atoms with Gasteiger partial charge in [0.15, 0.2) is 5.69 Å². The van der Waals surface area contributed by atoms with Gasteiger partial charge in [0.2, 0.25) is 11.9 Å². The van der Waals surface area contributed by atoms with E-state index in [1.807, 2.05) is 47.0 Å². The standard InChI is InChI=1S/C22H22N4O2/c1-22(28,15-7-4-3-5-8-15)14-20(27)25-21-24-18-12-11-16(23-2)13-19(18)26(21)17-9-6-10-17/h3-5,7-8,11-13,17,28H,6,9-10,14H2,1H3,(H,24,25,27)/t22-/m0/s1. The van der Waals surface area contributed by atoms with Crippen LogP contribution >= 0.6 is 0 Å². The van der Waals surface area contributed by atoms with Gasteiger partial charge < -0.3 is 9.67 Å². The van der Waals surface area contributed by atoms with Crippen molar-refractivity contribution < 1.29 is 9.90 Å². The summed E-state index contributed by atoms with van der Waals surface area (Å²) in [6.45, 7) is 8.89. The maximum absolute atomic E-state index is 12.7. The van der Waals surface area contributed by atoms with Crippen LogP contribution in [0.4, 0.5) is 11.6 Å². The molecule has 1 amide bonds. The van der Waals surface area contributed by atoms with Crippen molar-refractivity contribution in [3.8, 4) is 0 Å². The number of benzene rings is 2. The van der Waals surface area contributed by atoms with Crippen LogP contribution in [0.2, 0.25) is 0 Å². The van der Waals surface area contributed by atoms with Crippen LogP contribution in [0, 0.1) is 6.57 Å². The number of aromatic nitrogens is 2. The number of aliphatic hydroxyl groups is 1. The molecule has 1 aliphatic rings. The van der Waals surface area contributed by atoms with Crippen LogP contribution in [0.3, 0.4) is 0 Å². The number of anilines is 1. The molecule has 0 radical (unpaired) electrons. The fourth-order valence-corrected chi connectivity index (χ4v) is 3.63. The second kappa shape index (κ2) is 7.10. The summed E-state index contributed by atoms with van der Waals surface area (Å²) >= 11 is 0. The van der Waals surface area contributed by atoms with E-state index in [4.69, 9.17) is 6.57 Å². The first-order valence-electron chi connectivity index (χ1n) is 9.45. The van der Waals surface area contributed by atoms with Gasteiger partial charge in [0.05, 0.1) is 29.6 Å². The van der Waals surface area contributed by atoms with E-state index < -0.39 is 5.60 Å². The summed E-state index contributed by atoms with van der Waals surface area (Å²) in [5.74, 6) is 0.186. The fourth-order valence-electron chi connectivity index (χ4n) is 3.63. The van der Waals surface area contributed by atoms with Gasteiger partial charge in [0.25, 0.3) is 0 Å². The van der Waals surface area contributed by atoms with Crippen molar-refractivity contribution in [3.63, 3.8) is 0 Å². The van der Waals surface area contributed by atoms with Gasteiger partial charge in [-0.1, -0.05) is 36.4 Å². The maximum atomic E-state index is 12.7. The molecule has 3 aromatic rings. The predicted molar refractivity (Wildman–Crippen MR) is 108 cm³/mol. The van der Waals surface area contributed by atoms with E-state index >= 15 is 0 Å². The first-order valence-corrected chi connectivity index (χ1v) is 9.45. The number of nitrogens with one attached hydrogen (secondary N) is 1. The largest absolute Gasteiger partial charge is 0.385 e. The normalized spacial score (nSPS) is 16.2. The highest BCUT2D eigenvalue weighted by molar-refractivity contribution is 5.92. The number of hydrogen-bond acceptors (Lipinski definition) is 3. The molecule has 0 bridgehead atoms. The molecular weight excluding hydrogens is 352 g/mol. The molecule has 1 aromatic heterocycles. The van der Waals surface area contributed by atoms with Gasteiger partial charge in [-0.3, -0.25) is 10.1 Å². The van der Waals surface area contributed by atoms with Crippen LogP contribution in [0.1, 0.15) is 44.2 Å². The third kappa shape index (κ3) is 3.37. The van der Waals surface area contributed by atoms with Crippen LogP contribution in [-0.2, 0) is 10.4 Å². The molecule has 0 unspecified atom stereocenters. The second-order valence-corrected chi connectivity index (χ2v) is 7.54. The molecule has 4 rings (SSSR count). The van der Waals surface area contributed by atoms with E-state index in [9.17, 15) is 9.90 Å². The topological polar surface area (TPSA) is 71.5 Å². The Hall–Kier alpha value is -3.17. The summed E-state index contributed by atoms with van der Waals surface area (Å²) in [6.07, 6.45) is 3.12. The fraction of sp³-hybridized carbons (Fsp3) is 0.318. The van der Waals surface area contributed by atoms with Crippen molar-refractivity contribution in [2.75, 3.05) is 5.32 Å². The summed E-state index contributed by atoms with van der Waals surface area (Å²) < 4.78 is 2.03. The van der Waals surface area contributed by atoms with Crippen molar-refractivity contribution in [2.24, 2.45) is 0 Å². The lowest BCUT2D eigenvalue weighted by molar-refractivity contribution is -0.120. The minimum absolute atomic E-state index is 0.0712. The Morgan fingerprint density at radius 3 is 2.71 bits per heavy atom. The summed E-state index contributed by atoms with van der Waals surface area (Å²) in [5.41, 5.74) is 1.60. The van der Waals surface area contributed by atoms with Gasteiger partial charge in [0.1, 0.15) is 0 Å². The number of fused-ring (bicyclic) bond motifs is 1. The zero-order valence-corrected chi connectivity index (χ0v) is 15.7. The van der Waals surface area contributed by atoms with Crippen molar-refractivity contribution in [1.82, 2.24) is 9.55 Å². The molecule has 28 heavy (non-hydrogen) atoms. The van der Waals surface area contributed by atoms with Gasteiger partial charge in [0, 0.05) is 6.04 Å². The van der Waals surface area contributed by atoms with E-state index in [0.717, 1.165) is 30.3 Å². The summed E-state index contributed by atoms with van der Waals surface area (Å²) in [6, 6.07) is 14.8. The minimum atomic E-state index is -1.27. The zero-order valence-electron chi connectivity index (χ0n) is 15.7. The monoisotopic (exact) mass is 374 g/mol.